The maximum absolute atomic E-state index is 4.75. The molecule has 2 aliphatic carbocycles. The first-order chi connectivity index (χ1) is 8.75. The molecule has 3 rings (SSSR count). The van der Waals surface area contributed by atoms with Crippen LogP contribution < -0.4 is 5.32 Å². The summed E-state index contributed by atoms with van der Waals surface area (Å²) in [6.45, 7) is 3.25. The molecular weight excluding hydrogens is 222 g/mol. The van der Waals surface area contributed by atoms with Crippen LogP contribution in [-0.2, 0) is 6.54 Å². The van der Waals surface area contributed by atoms with Crippen molar-refractivity contribution >= 4 is 0 Å². The van der Waals surface area contributed by atoms with Crippen molar-refractivity contribution in [3.05, 3.63) is 18.0 Å². The highest BCUT2D eigenvalue weighted by Gasteiger charge is 2.30. The van der Waals surface area contributed by atoms with E-state index >= 15 is 0 Å². The van der Waals surface area contributed by atoms with Crippen LogP contribution in [0.25, 0.3) is 0 Å². The highest BCUT2D eigenvalue weighted by atomic mass is 15.3. The van der Waals surface area contributed by atoms with Crippen LogP contribution >= 0.6 is 0 Å². The van der Waals surface area contributed by atoms with Crippen LogP contribution in [0.4, 0.5) is 0 Å². The summed E-state index contributed by atoms with van der Waals surface area (Å²) < 4.78 is 2.21. The molecule has 1 N–H and O–H groups in total. The molecule has 2 saturated carbocycles. The maximum Gasteiger partial charge on any atom is 0.0762 e. The lowest BCUT2D eigenvalue weighted by atomic mass is 9.78. The fourth-order valence-corrected chi connectivity index (χ4v) is 3.21. The lowest BCUT2D eigenvalue weighted by Crippen LogP contribution is -2.47. The van der Waals surface area contributed by atoms with E-state index in [0.717, 1.165) is 6.54 Å². The normalized spacial score (nSPS) is 23.8. The van der Waals surface area contributed by atoms with Crippen LogP contribution in [0.5, 0.6) is 0 Å². The molecule has 3 heteroatoms. The smallest absolute Gasteiger partial charge is 0.0762 e. The van der Waals surface area contributed by atoms with Crippen molar-refractivity contribution < 1.29 is 0 Å². The summed E-state index contributed by atoms with van der Waals surface area (Å²) in [6, 6.07) is 2.84. The fourth-order valence-electron chi connectivity index (χ4n) is 3.21. The van der Waals surface area contributed by atoms with E-state index in [9.17, 15) is 0 Å². The molecule has 0 atom stereocenters. The number of hydrogen-bond acceptors (Lipinski definition) is 2. The predicted molar refractivity (Wildman–Crippen MR) is 73.4 cm³/mol. The van der Waals surface area contributed by atoms with E-state index in [4.69, 9.17) is 5.10 Å². The highest BCUT2D eigenvalue weighted by molar-refractivity contribution is 5.02. The summed E-state index contributed by atoms with van der Waals surface area (Å²) in [5.41, 5.74) is 1.59. The molecule has 0 unspecified atom stereocenters. The second-order valence-corrected chi connectivity index (χ2v) is 6.35. The Morgan fingerprint density at radius 3 is 2.72 bits per heavy atom. The Labute approximate surface area is 110 Å². The third kappa shape index (κ3) is 2.61. The Bertz CT molecular complexity index is 386. The topological polar surface area (TPSA) is 29.9 Å². The second kappa shape index (κ2) is 5.04. The zero-order valence-corrected chi connectivity index (χ0v) is 11.5. The molecule has 0 radical (unpaired) electrons. The van der Waals surface area contributed by atoms with Crippen molar-refractivity contribution in [1.29, 1.82) is 0 Å². The number of hydrogen-bond donors (Lipinski definition) is 1. The van der Waals surface area contributed by atoms with Crippen LogP contribution in [0.1, 0.15) is 70.0 Å². The SMILES string of the molecule is CC1(NCc2ccn(C3CCCCC3)n2)CCC1. The van der Waals surface area contributed by atoms with Gasteiger partial charge in [-0.15, -0.1) is 0 Å². The van der Waals surface area contributed by atoms with Gasteiger partial charge >= 0.3 is 0 Å². The Balaban J connectivity index is 1.55. The zero-order valence-electron chi connectivity index (χ0n) is 11.5. The summed E-state index contributed by atoms with van der Waals surface area (Å²) >= 11 is 0. The standard InChI is InChI=1S/C15H25N3/c1-15(9-5-10-15)16-12-13-8-11-18(17-13)14-6-3-2-4-7-14/h8,11,14,16H,2-7,9-10,12H2,1H3. The van der Waals surface area contributed by atoms with Crippen LogP contribution in [0, 0.1) is 0 Å². The minimum atomic E-state index is 0.384. The molecule has 0 aliphatic heterocycles. The summed E-state index contributed by atoms with van der Waals surface area (Å²) in [5.74, 6) is 0. The molecule has 0 saturated heterocycles. The first kappa shape index (κ1) is 12.2. The molecule has 18 heavy (non-hydrogen) atoms. The van der Waals surface area contributed by atoms with Gasteiger partial charge in [-0.1, -0.05) is 19.3 Å². The fraction of sp³-hybridized carbons (Fsp3) is 0.800. The van der Waals surface area contributed by atoms with E-state index in [-0.39, 0.29) is 0 Å². The van der Waals surface area contributed by atoms with Crippen molar-refractivity contribution in [3.8, 4) is 0 Å². The Morgan fingerprint density at radius 1 is 1.28 bits per heavy atom. The van der Waals surface area contributed by atoms with Crippen molar-refractivity contribution in [2.75, 3.05) is 0 Å². The van der Waals surface area contributed by atoms with Crippen LogP contribution in [0.15, 0.2) is 12.3 Å². The van der Waals surface area contributed by atoms with Gasteiger partial charge in [-0.25, -0.2) is 0 Å². The Hall–Kier alpha value is -0.830. The summed E-state index contributed by atoms with van der Waals surface area (Å²) in [6.07, 6.45) is 13.0. The first-order valence-corrected chi connectivity index (χ1v) is 7.54. The summed E-state index contributed by atoms with van der Waals surface area (Å²) in [4.78, 5) is 0. The van der Waals surface area contributed by atoms with Gasteiger partial charge in [-0.2, -0.15) is 5.10 Å². The van der Waals surface area contributed by atoms with Gasteiger partial charge in [0.25, 0.3) is 0 Å². The number of nitrogens with one attached hydrogen (secondary N) is 1. The molecule has 0 aromatic carbocycles. The monoisotopic (exact) mass is 247 g/mol. The highest BCUT2D eigenvalue weighted by Crippen LogP contribution is 2.31. The van der Waals surface area contributed by atoms with Gasteiger partial charge in [0, 0.05) is 18.3 Å². The van der Waals surface area contributed by atoms with E-state index in [1.807, 2.05) is 0 Å². The molecular formula is C15H25N3. The van der Waals surface area contributed by atoms with Crippen molar-refractivity contribution in [2.45, 2.75) is 76.4 Å². The quantitative estimate of drug-likeness (QED) is 0.883. The molecule has 3 nitrogen and oxygen atoms in total. The predicted octanol–water partition coefficient (Wildman–Crippen LogP) is 3.42. The van der Waals surface area contributed by atoms with E-state index in [0.29, 0.717) is 11.6 Å². The molecule has 1 heterocycles. The van der Waals surface area contributed by atoms with Gasteiger partial charge < -0.3 is 5.32 Å². The maximum atomic E-state index is 4.75. The largest absolute Gasteiger partial charge is 0.306 e. The van der Waals surface area contributed by atoms with E-state index in [1.165, 1.54) is 57.1 Å². The average molecular weight is 247 g/mol. The number of aromatic nitrogens is 2. The summed E-state index contributed by atoms with van der Waals surface area (Å²) in [7, 11) is 0. The van der Waals surface area contributed by atoms with Crippen LogP contribution in [0.2, 0.25) is 0 Å². The van der Waals surface area contributed by atoms with E-state index in [2.05, 4.69) is 29.2 Å². The Kier molecular flexibility index (Phi) is 3.42. The molecule has 0 spiro atoms. The molecule has 0 amide bonds. The third-order valence-corrected chi connectivity index (χ3v) is 4.77. The zero-order chi connectivity index (χ0) is 12.4. The lowest BCUT2D eigenvalue weighted by molar-refractivity contribution is 0.205. The van der Waals surface area contributed by atoms with Gasteiger partial charge in [-0.05, 0) is 45.1 Å². The van der Waals surface area contributed by atoms with Crippen molar-refractivity contribution in [3.63, 3.8) is 0 Å². The lowest BCUT2D eigenvalue weighted by Gasteiger charge is -2.39. The molecule has 2 aliphatic rings. The number of nitrogens with zero attached hydrogens (tertiary/aromatic N) is 2. The van der Waals surface area contributed by atoms with Gasteiger partial charge in [0.15, 0.2) is 0 Å². The van der Waals surface area contributed by atoms with Gasteiger partial charge in [0.1, 0.15) is 0 Å². The average Bonchev–Trinajstić information content (AvgIpc) is 2.84. The first-order valence-electron chi connectivity index (χ1n) is 7.54. The molecule has 1 aromatic heterocycles. The van der Waals surface area contributed by atoms with Gasteiger partial charge in [0.2, 0.25) is 0 Å². The van der Waals surface area contributed by atoms with Crippen LogP contribution in [0.3, 0.4) is 0 Å². The van der Waals surface area contributed by atoms with E-state index in [1.54, 1.807) is 0 Å². The van der Waals surface area contributed by atoms with E-state index < -0.39 is 0 Å². The van der Waals surface area contributed by atoms with Gasteiger partial charge in [0.05, 0.1) is 11.7 Å². The molecule has 100 valence electrons. The van der Waals surface area contributed by atoms with Crippen molar-refractivity contribution in [1.82, 2.24) is 15.1 Å². The molecule has 2 fully saturated rings. The minimum absolute atomic E-state index is 0.384. The van der Waals surface area contributed by atoms with Crippen LogP contribution in [-0.4, -0.2) is 15.3 Å². The molecule has 0 bridgehead atoms. The second-order valence-electron chi connectivity index (χ2n) is 6.35. The van der Waals surface area contributed by atoms with Gasteiger partial charge in [-0.3, -0.25) is 4.68 Å². The summed E-state index contributed by atoms with van der Waals surface area (Å²) in [5, 5.41) is 8.40. The van der Waals surface area contributed by atoms with Crippen molar-refractivity contribution in [2.24, 2.45) is 0 Å². The third-order valence-electron chi connectivity index (χ3n) is 4.77. The minimum Gasteiger partial charge on any atom is -0.306 e. The Morgan fingerprint density at radius 2 is 2.06 bits per heavy atom. The molecule has 1 aromatic rings. The number of rotatable bonds is 4.